The van der Waals surface area contributed by atoms with Crippen molar-refractivity contribution in [3.63, 3.8) is 0 Å². The number of rotatable bonds is 4. The second kappa shape index (κ2) is 10.2. The van der Waals surface area contributed by atoms with Crippen LogP contribution in [0.2, 0.25) is 22.5 Å². The predicted molar refractivity (Wildman–Crippen MR) is 192 cm³/mol. The van der Waals surface area contributed by atoms with Crippen LogP contribution < -0.4 is 0 Å². The van der Waals surface area contributed by atoms with E-state index in [9.17, 15) is 0 Å². The molecule has 0 aromatic heterocycles. The zero-order valence-electron chi connectivity index (χ0n) is 26.0. The molecular formula is C42H38HfSi. The Morgan fingerprint density at radius 2 is 0.909 bits per heavy atom. The van der Waals surface area contributed by atoms with E-state index in [0.29, 0.717) is 7.35 Å². The van der Waals surface area contributed by atoms with E-state index in [4.69, 9.17) is 0 Å². The third-order valence-electron chi connectivity index (χ3n) is 11.5. The molecular weight excluding hydrogens is 711 g/mol. The average molecular weight is 749 g/mol. The van der Waals surface area contributed by atoms with Crippen molar-refractivity contribution in [1.29, 1.82) is 0 Å². The van der Waals surface area contributed by atoms with Crippen LogP contribution in [-0.4, -0.2) is 5.49 Å². The van der Waals surface area contributed by atoms with Crippen LogP contribution in [0.3, 0.4) is 0 Å². The molecule has 214 valence electrons. The van der Waals surface area contributed by atoms with Gasteiger partial charge in [-0.25, -0.2) is 0 Å². The molecule has 2 aliphatic rings. The fourth-order valence-corrected chi connectivity index (χ4v) is 42.1. The average Bonchev–Trinajstić information content (AvgIpc) is 3.70. The summed E-state index contributed by atoms with van der Waals surface area (Å²) in [6.45, 7) is 5.25. The van der Waals surface area contributed by atoms with Crippen LogP contribution in [0.15, 0.2) is 133 Å². The van der Waals surface area contributed by atoms with Crippen molar-refractivity contribution in [1.82, 2.24) is 0 Å². The topological polar surface area (TPSA) is 0 Å². The van der Waals surface area contributed by atoms with Crippen LogP contribution in [0.25, 0.3) is 56.0 Å². The Kier molecular flexibility index (Phi) is 6.49. The molecule has 2 atom stereocenters. The van der Waals surface area contributed by atoms with Crippen molar-refractivity contribution in [3.05, 3.63) is 156 Å². The molecule has 2 heteroatoms. The summed E-state index contributed by atoms with van der Waals surface area (Å²) >= 11 is -3.74. The summed E-state index contributed by atoms with van der Waals surface area (Å²) in [4.78, 5) is 0. The fourth-order valence-electron chi connectivity index (χ4n) is 8.25. The van der Waals surface area contributed by atoms with Gasteiger partial charge in [0.15, 0.2) is 0 Å². The molecule has 2 aliphatic carbocycles. The van der Waals surface area contributed by atoms with Crippen molar-refractivity contribution in [3.8, 4) is 22.3 Å². The minimum absolute atomic E-state index is 0.538. The van der Waals surface area contributed by atoms with E-state index in [1.165, 1.54) is 54.9 Å². The maximum absolute atomic E-state index is 3.74. The van der Waals surface area contributed by atoms with Gasteiger partial charge in [-0.15, -0.1) is 0 Å². The fraction of sp³-hybridized carbons (Fsp3) is 0.143. The zero-order valence-corrected chi connectivity index (χ0v) is 30.6. The van der Waals surface area contributed by atoms with Crippen molar-refractivity contribution in [2.45, 2.75) is 29.8 Å². The molecule has 0 N–H and O–H groups in total. The van der Waals surface area contributed by atoms with Gasteiger partial charge < -0.3 is 0 Å². The molecule has 0 spiro atoms. The first-order valence-electron chi connectivity index (χ1n) is 15.9. The number of allylic oxidation sites excluding steroid dienone is 2. The molecule has 0 saturated carbocycles. The van der Waals surface area contributed by atoms with Gasteiger partial charge in [-0.2, -0.15) is 0 Å². The second-order valence-electron chi connectivity index (χ2n) is 14.0. The Morgan fingerprint density at radius 1 is 0.477 bits per heavy atom. The van der Waals surface area contributed by atoms with E-state index in [1.54, 1.807) is 11.1 Å². The summed E-state index contributed by atoms with van der Waals surface area (Å²) in [5, 5.41) is 5.21. The summed E-state index contributed by atoms with van der Waals surface area (Å²) in [5.74, 6) is 0. The summed E-state index contributed by atoms with van der Waals surface area (Å²) in [5.41, 5.74) is 10.8. The van der Waals surface area contributed by atoms with E-state index >= 15 is 0 Å². The van der Waals surface area contributed by atoms with Crippen LogP contribution in [0.5, 0.6) is 0 Å². The van der Waals surface area contributed by atoms with Gasteiger partial charge in [0.1, 0.15) is 0 Å². The molecule has 6 aromatic rings. The standard InChI is InChI=1S/2C19H13.C2H6Si.2CH3.Hf/c2*1-2-6-16-13-17(12-11-14(16)5-1)19-10-4-8-15-7-3-9-18(15)19;1-3-2;;;/h2*1-13H;1-2H3;2*1H3;. The quantitative estimate of drug-likeness (QED) is 0.158. The van der Waals surface area contributed by atoms with E-state index in [2.05, 4.69) is 168 Å². The zero-order chi connectivity index (χ0) is 30.1. The molecule has 0 nitrogen and oxygen atoms in total. The van der Waals surface area contributed by atoms with Gasteiger partial charge in [-0.1, -0.05) is 0 Å². The van der Waals surface area contributed by atoms with Crippen LogP contribution in [0.4, 0.5) is 0 Å². The molecule has 6 aromatic carbocycles. The van der Waals surface area contributed by atoms with Gasteiger partial charge in [0, 0.05) is 0 Å². The number of hydrogen-bond donors (Lipinski definition) is 0. The van der Waals surface area contributed by atoms with Gasteiger partial charge in [-0.3, -0.25) is 0 Å². The molecule has 2 unspecified atom stereocenters. The van der Waals surface area contributed by atoms with Crippen molar-refractivity contribution in [2.24, 2.45) is 0 Å². The molecule has 0 saturated heterocycles. The second-order valence-corrected chi connectivity index (χ2v) is 62.9. The molecule has 44 heavy (non-hydrogen) atoms. The van der Waals surface area contributed by atoms with Crippen molar-refractivity contribution >= 4 is 39.2 Å². The van der Waals surface area contributed by atoms with E-state index < -0.39 is 22.6 Å². The SMILES string of the molecule is C[Si](C)=[Hf]([CH3])([CH3])([CH]1C=Cc2c(-c3ccc4ccccc4c3)cccc21)[CH]1C=Cc2c(-c3ccc4ccccc4c3)cccc21. The molecule has 0 aliphatic heterocycles. The van der Waals surface area contributed by atoms with Crippen molar-refractivity contribution in [2.75, 3.05) is 0 Å². The Labute approximate surface area is 262 Å². The minimum atomic E-state index is -3.74. The van der Waals surface area contributed by atoms with Crippen molar-refractivity contribution < 1.29 is 17.1 Å². The first-order valence-corrected chi connectivity index (χ1v) is 35.2. The van der Waals surface area contributed by atoms with Gasteiger partial charge in [0.05, 0.1) is 0 Å². The van der Waals surface area contributed by atoms with Crippen LogP contribution in [-0.2, 0) is 17.1 Å². The van der Waals surface area contributed by atoms with Gasteiger partial charge >= 0.3 is 264 Å². The Hall–Kier alpha value is -3.59. The summed E-state index contributed by atoms with van der Waals surface area (Å²) in [6.07, 6.45) is 10.2. The number of benzene rings is 6. The van der Waals surface area contributed by atoms with Gasteiger partial charge in [-0.05, 0) is 0 Å². The molecule has 0 radical (unpaired) electrons. The molecule has 0 fully saturated rings. The molecule has 0 heterocycles. The molecule has 0 bridgehead atoms. The Balaban J connectivity index is 1.25. The summed E-state index contributed by atoms with van der Waals surface area (Å²) in [6, 6.07) is 45.5. The number of hydrogen-bond acceptors (Lipinski definition) is 0. The number of fused-ring (bicyclic) bond motifs is 4. The van der Waals surface area contributed by atoms with E-state index in [0.717, 1.165) is 0 Å². The Morgan fingerprint density at radius 3 is 1.34 bits per heavy atom. The third-order valence-corrected chi connectivity index (χ3v) is 71.1. The predicted octanol–water partition coefficient (Wildman–Crippen LogP) is 12.2. The first kappa shape index (κ1) is 27.9. The molecule has 0 amide bonds. The normalized spacial score (nSPS) is 17.3. The van der Waals surface area contributed by atoms with Crippen LogP contribution >= 0.6 is 0 Å². The maximum atomic E-state index is 2.81. The van der Waals surface area contributed by atoms with Crippen LogP contribution in [0, 0.1) is 0 Å². The van der Waals surface area contributed by atoms with Gasteiger partial charge in [0.25, 0.3) is 0 Å². The first-order chi connectivity index (χ1) is 21.3. The molecule has 8 rings (SSSR count). The van der Waals surface area contributed by atoms with E-state index in [-0.39, 0.29) is 0 Å². The Bertz CT molecular complexity index is 2120. The summed E-state index contributed by atoms with van der Waals surface area (Å²) < 4.78 is 6.70. The van der Waals surface area contributed by atoms with E-state index in [1.807, 2.05) is 0 Å². The summed E-state index contributed by atoms with van der Waals surface area (Å²) in [7, 11) is 0. The van der Waals surface area contributed by atoms with Gasteiger partial charge in [0.2, 0.25) is 0 Å². The third kappa shape index (κ3) is 4.11. The van der Waals surface area contributed by atoms with Crippen LogP contribution in [0.1, 0.15) is 29.6 Å². The monoisotopic (exact) mass is 750 g/mol.